The number of alkyl halides is 1. The van der Waals surface area contributed by atoms with Crippen molar-refractivity contribution < 1.29 is 0 Å². The van der Waals surface area contributed by atoms with Crippen molar-refractivity contribution in [1.29, 1.82) is 0 Å². The van der Waals surface area contributed by atoms with E-state index in [9.17, 15) is 0 Å². The Balaban J connectivity index is 2.51. The van der Waals surface area contributed by atoms with E-state index >= 15 is 0 Å². The summed E-state index contributed by atoms with van der Waals surface area (Å²) in [6, 6.07) is 0. The Bertz CT molecular complexity index is 189. The molecular weight excluding hydrogens is 162 g/mol. The summed E-state index contributed by atoms with van der Waals surface area (Å²) in [5.41, 5.74) is 6.41. The number of aryl methyl sites for hydroxylation is 1. The third-order valence-electron chi connectivity index (χ3n) is 1.43. The molecule has 0 fully saturated rings. The van der Waals surface area contributed by atoms with Crippen LogP contribution in [0.1, 0.15) is 5.69 Å². The molecule has 0 saturated heterocycles. The fourth-order valence-corrected chi connectivity index (χ4v) is 1.10. The van der Waals surface area contributed by atoms with Gasteiger partial charge in [-0.15, -0.1) is 11.6 Å². The lowest BCUT2D eigenvalue weighted by Gasteiger charge is -1.93. The number of hydrogen-bond donors (Lipinski definition) is 1. The third-order valence-corrected chi connectivity index (χ3v) is 1.60. The van der Waals surface area contributed by atoms with E-state index in [-0.39, 0.29) is 0 Å². The van der Waals surface area contributed by atoms with Gasteiger partial charge in [0.05, 0.1) is 12.0 Å². The van der Waals surface area contributed by atoms with Gasteiger partial charge in [-0.2, -0.15) is 0 Å². The Morgan fingerprint density at radius 3 is 3.09 bits per heavy atom. The average Bonchev–Trinajstić information content (AvgIpc) is 2.38. The first-order valence-electron chi connectivity index (χ1n) is 3.63. The SMILES string of the molecule is NCCc1cn(CCCl)cn1. The molecule has 1 heterocycles. The monoisotopic (exact) mass is 173 g/mol. The minimum Gasteiger partial charge on any atom is -0.336 e. The molecule has 11 heavy (non-hydrogen) atoms. The van der Waals surface area contributed by atoms with E-state index in [1.807, 2.05) is 10.8 Å². The maximum absolute atomic E-state index is 5.55. The lowest BCUT2D eigenvalue weighted by molar-refractivity contribution is 0.765. The van der Waals surface area contributed by atoms with E-state index in [0.717, 1.165) is 18.7 Å². The number of nitrogens with two attached hydrogens (primary N) is 1. The van der Waals surface area contributed by atoms with Crippen molar-refractivity contribution in [3.63, 3.8) is 0 Å². The van der Waals surface area contributed by atoms with Crippen LogP contribution < -0.4 is 5.73 Å². The van der Waals surface area contributed by atoms with E-state index in [0.29, 0.717) is 12.4 Å². The van der Waals surface area contributed by atoms with Crippen LogP contribution in [0.25, 0.3) is 0 Å². The van der Waals surface area contributed by atoms with Gasteiger partial charge >= 0.3 is 0 Å². The van der Waals surface area contributed by atoms with E-state index in [1.54, 1.807) is 6.33 Å². The molecule has 0 aromatic carbocycles. The molecule has 0 radical (unpaired) electrons. The highest BCUT2D eigenvalue weighted by molar-refractivity contribution is 6.17. The smallest absolute Gasteiger partial charge is 0.0949 e. The zero-order valence-corrected chi connectivity index (χ0v) is 7.09. The molecule has 0 aliphatic carbocycles. The van der Waals surface area contributed by atoms with E-state index < -0.39 is 0 Å². The third kappa shape index (κ3) is 2.52. The second kappa shape index (κ2) is 4.36. The molecule has 0 spiro atoms. The quantitative estimate of drug-likeness (QED) is 0.679. The Kier molecular flexibility index (Phi) is 3.39. The Morgan fingerprint density at radius 2 is 2.45 bits per heavy atom. The van der Waals surface area contributed by atoms with E-state index in [1.165, 1.54) is 0 Å². The van der Waals surface area contributed by atoms with Gasteiger partial charge in [0.25, 0.3) is 0 Å². The molecule has 0 atom stereocenters. The van der Waals surface area contributed by atoms with Crippen molar-refractivity contribution in [3.8, 4) is 0 Å². The minimum atomic E-state index is 0.623. The molecule has 0 aliphatic rings. The summed E-state index contributed by atoms with van der Waals surface area (Å²) in [6.07, 6.45) is 4.61. The second-order valence-corrected chi connectivity index (χ2v) is 2.71. The molecule has 1 rings (SSSR count). The number of hydrogen-bond acceptors (Lipinski definition) is 2. The van der Waals surface area contributed by atoms with Crippen LogP contribution in [-0.4, -0.2) is 22.0 Å². The number of nitrogens with zero attached hydrogens (tertiary/aromatic N) is 2. The van der Waals surface area contributed by atoms with E-state index in [4.69, 9.17) is 17.3 Å². The molecule has 3 nitrogen and oxygen atoms in total. The predicted molar refractivity (Wildman–Crippen MR) is 45.7 cm³/mol. The van der Waals surface area contributed by atoms with Gasteiger partial charge in [0.1, 0.15) is 0 Å². The largest absolute Gasteiger partial charge is 0.336 e. The van der Waals surface area contributed by atoms with Crippen molar-refractivity contribution in [2.45, 2.75) is 13.0 Å². The van der Waals surface area contributed by atoms with Crippen LogP contribution in [0.5, 0.6) is 0 Å². The predicted octanol–water partition coefficient (Wildman–Crippen LogP) is 0.623. The van der Waals surface area contributed by atoms with Gasteiger partial charge in [-0.1, -0.05) is 0 Å². The minimum absolute atomic E-state index is 0.623. The van der Waals surface area contributed by atoms with Gasteiger partial charge in [-0.3, -0.25) is 0 Å². The lowest BCUT2D eigenvalue weighted by Crippen LogP contribution is -2.02. The standard InChI is InChI=1S/C7H12ClN3/c8-2-4-11-5-7(1-3-9)10-6-11/h5-6H,1-4,9H2. The number of aromatic nitrogens is 2. The topological polar surface area (TPSA) is 43.8 Å². The van der Waals surface area contributed by atoms with Crippen molar-refractivity contribution in [3.05, 3.63) is 18.2 Å². The molecule has 4 heteroatoms. The molecular formula is C7H12ClN3. The number of halogens is 1. The molecule has 62 valence electrons. The fourth-order valence-electron chi connectivity index (χ4n) is 0.903. The summed E-state index contributed by atoms with van der Waals surface area (Å²) in [5.74, 6) is 0.623. The summed E-state index contributed by atoms with van der Waals surface area (Å²) >= 11 is 5.55. The summed E-state index contributed by atoms with van der Waals surface area (Å²) in [6.45, 7) is 1.47. The van der Waals surface area contributed by atoms with Crippen molar-refractivity contribution in [1.82, 2.24) is 9.55 Å². The Labute approximate surface area is 71.2 Å². The van der Waals surface area contributed by atoms with Crippen LogP contribution in [0, 0.1) is 0 Å². The zero-order valence-electron chi connectivity index (χ0n) is 6.33. The lowest BCUT2D eigenvalue weighted by atomic mass is 10.3. The van der Waals surface area contributed by atoms with Gasteiger partial charge < -0.3 is 10.3 Å². The Hall–Kier alpha value is -0.540. The molecule has 0 amide bonds. The Morgan fingerprint density at radius 1 is 1.64 bits per heavy atom. The fraction of sp³-hybridized carbons (Fsp3) is 0.571. The first-order chi connectivity index (χ1) is 5.36. The van der Waals surface area contributed by atoms with Gasteiger partial charge in [0, 0.05) is 25.0 Å². The van der Waals surface area contributed by atoms with Crippen molar-refractivity contribution >= 4 is 11.6 Å². The summed E-state index contributed by atoms with van der Waals surface area (Å²) < 4.78 is 1.97. The van der Waals surface area contributed by atoms with Gasteiger partial charge in [-0.05, 0) is 6.54 Å². The van der Waals surface area contributed by atoms with Gasteiger partial charge in [0.2, 0.25) is 0 Å². The molecule has 1 aromatic heterocycles. The molecule has 0 bridgehead atoms. The molecule has 0 aliphatic heterocycles. The molecule has 0 unspecified atom stereocenters. The number of rotatable bonds is 4. The van der Waals surface area contributed by atoms with Crippen LogP contribution >= 0.6 is 11.6 Å². The summed E-state index contributed by atoms with van der Waals surface area (Å²) in [5, 5.41) is 0. The molecule has 1 aromatic rings. The highest BCUT2D eigenvalue weighted by atomic mass is 35.5. The highest BCUT2D eigenvalue weighted by Gasteiger charge is 1.95. The summed E-state index contributed by atoms with van der Waals surface area (Å²) in [7, 11) is 0. The summed E-state index contributed by atoms with van der Waals surface area (Å²) in [4.78, 5) is 4.15. The number of imidazole rings is 1. The van der Waals surface area contributed by atoms with E-state index in [2.05, 4.69) is 4.98 Å². The molecule has 2 N–H and O–H groups in total. The zero-order chi connectivity index (χ0) is 8.10. The first-order valence-corrected chi connectivity index (χ1v) is 4.17. The van der Waals surface area contributed by atoms with Crippen LogP contribution in [-0.2, 0) is 13.0 Å². The highest BCUT2D eigenvalue weighted by Crippen LogP contribution is 1.96. The normalized spacial score (nSPS) is 10.4. The maximum Gasteiger partial charge on any atom is 0.0949 e. The van der Waals surface area contributed by atoms with Gasteiger partial charge in [0.15, 0.2) is 0 Å². The first kappa shape index (κ1) is 8.56. The maximum atomic E-state index is 5.55. The van der Waals surface area contributed by atoms with Crippen LogP contribution in [0.4, 0.5) is 0 Å². The van der Waals surface area contributed by atoms with Crippen molar-refractivity contribution in [2.24, 2.45) is 5.73 Å². The van der Waals surface area contributed by atoms with Crippen molar-refractivity contribution in [2.75, 3.05) is 12.4 Å². The average molecular weight is 174 g/mol. The van der Waals surface area contributed by atoms with Crippen LogP contribution in [0.15, 0.2) is 12.5 Å². The second-order valence-electron chi connectivity index (χ2n) is 2.33. The van der Waals surface area contributed by atoms with Crippen LogP contribution in [0.2, 0.25) is 0 Å². The van der Waals surface area contributed by atoms with Gasteiger partial charge in [-0.25, -0.2) is 4.98 Å². The molecule has 0 saturated carbocycles. The van der Waals surface area contributed by atoms with Crippen LogP contribution in [0.3, 0.4) is 0 Å².